The lowest BCUT2D eigenvalue weighted by atomic mass is 10.2. The lowest BCUT2D eigenvalue weighted by molar-refractivity contribution is -0.384. The zero-order valence-corrected chi connectivity index (χ0v) is 16.6. The summed E-state index contributed by atoms with van der Waals surface area (Å²) in [5.41, 5.74) is 2.56. The van der Waals surface area contributed by atoms with E-state index in [0.29, 0.717) is 38.4 Å². The molecule has 0 aliphatic carbocycles. The van der Waals surface area contributed by atoms with E-state index in [1.807, 2.05) is 36.1 Å². The molecule has 0 unspecified atom stereocenters. The van der Waals surface area contributed by atoms with Crippen molar-refractivity contribution in [3.63, 3.8) is 0 Å². The van der Waals surface area contributed by atoms with Gasteiger partial charge in [0.05, 0.1) is 11.5 Å². The van der Waals surface area contributed by atoms with E-state index >= 15 is 0 Å². The minimum absolute atomic E-state index is 0.0560. The van der Waals surface area contributed by atoms with Gasteiger partial charge in [-0.25, -0.2) is 0 Å². The molecule has 7 nitrogen and oxygen atoms in total. The van der Waals surface area contributed by atoms with Gasteiger partial charge in [0.2, 0.25) is 5.91 Å². The molecular weight excluding hydrogens is 412 g/mol. The Kier molecular flexibility index (Phi) is 6.08. The SMILES string of the molecule is Cc1cc(Br)ccc1NC(=O)CN1CCN(c2ccccc2[N+](=O)[O-])CC1. The highest BCUT2D eigenvalue weighted by Gasteiger charge is 2.24. The van der Waals surface area contributed by atoms with Crippen molar-refractivity contribution in [1.29, 1.82) is 0 Å². The number of anilines is 2. The van der Waals surface area contributed by atoms with Gasteiger partial charge in [-0.2, -0.15) is 0 Å². The first-order valence-corrected chi connectivity index (χ1v) is 9.50. The van der Waals surface area contributed by atoms with Gasteiger partial charge in [-0.3, -0.25) is 19.8 Å². The number of nitrogens with zero attached hydrogens (tertiary/aromatic N) is 3. The fourth-order valence-corrected chi connectivity index (χ4v) is 3.67. The molecule has 0 radical (unpaired) electrons. The molecule has 1 aliphatic heterocycles. The molecule has 1 saturated heterocycles. The number of nitrogens with one attached hydrogen (secondary N) is 1. The lowest BCUT2D eigenvalue weighted by Gasteiger charge is -2.35. The van der Waals surface area contributed by atoms with Crippen LogP contribution in [0.1, 0.15) is 5.56 Å². The molecule has 2 aromatic carbocycles. The van der Waals surface area contributed by atoms with Crippen LogP contribution in [0.3, 0.4) is 0 Å². The largest absolute Gasteiger partial charge is 0.363 e. The molecule has 142 valence electrons. The van der Waals surface area contributed by atoms with Gasteiger partial charge in [0.15, 0.2) is 0 Å². The summed E-state index contributed by atoms with van der Waals surface area (Å²) in [6.07, 6.45) is 0. The van der Waals surface area contributed by atoms with E-state index in [-0.39, 0.29) is 16.5 Å². The van der Waals surface area contributed by atoms with Crippen molar-refractivity contribution in [3.05, 3.63) is 62.6 Å². The summed E-state index contributed by atoms with van der Waals surface area (Å²) in [6.45, 7) is 4.91. The Morgan fingerprint density at radius 2 is 1.89 bits per heavy atom. The van der Waals surface area contributed by atoms with Gasteiger partial charge >= 0.3 is 0 Å². The summed E-state index contributed by atoms with van der Waals surface area (Å²) < 4.78 is 0.976. The van der Waals surface area contributed by atoms with Crippen LogP contribution in [0.25, 0.3) is 0 Å². The molecule has 1 aliphatic rings. The number of aryl methyl sites for hydroxylation is 1. The Bertz CT molecular complexity index is 851. The van der Waals surface area contributed by atoms with E-state index in [0.717, 1.165) is 15.7 Å². The first kappa shape index (κ1) is 19.3. The summed E-state index contributed by atoms with van der Waals surface area (Å²) >= 11 is 3.41. The zero-order chi connectivity index (χ0) is 19.4. The Labute approximate surface area is 166 Å². The van der Waals surface area contributed by atoms with Crippen molar-refractivity contribution in [2.45, 2.75) is 6.92 Å². The number of carbonyl (C=O) groups is 1. The Morgan fingerprint density at radius 3 is 2.56 bits per heavy atom. The molecule has 0 bridgehead atoms. The lowest BCUT2D eigenvalue weighted by Crippen LogP contribution is -2.48. The summed E-state index contributed by atoms with van der Waals surface area (Å²) in [5, 5.41) is 14.2. The number of piperazine rings is 1. The third kappa shape index (κ3) is 4.84. The Balaban J connectivity index is 1.55. The van der Waals surface area contributed by atoms with Crippen molar-refractivity contribution in [2.75, 3.05) is 42.9 Å². The number of halogens is 1. The Morgan fingerprint density at radius 1 is 1.19 bits per heavy atom. The molecule has 27 heavy (non-hydrogen) atoms. The number of hydrogen-bond acceptors (Lipinski definition) is 5. The van der Waals surface area contributed by atoms with Crippen LogP contribution >= 0.6 is 15.9 Å². The van der Waals surface area contributed by atoms with Crippen molar-refractivity contribution in [2.24, 2.45) is 0 Å². The topological polar surface area (TPSA) is 78.7 Å². The minimum Gasteiger partial charge on any atom is -0.363 e. The predicted molar refractivity (Wildman–Crippen MR) is 109 cm³/mol. The fraction of sp³-hybridized carbons (Fsp3) is 0.316. The van der Waals surface area contributed by atoms with Crippen LogP contribution in [-0.4, -0.2) is 48.5 Å². The number of para-hydroxylation sites is 2. The summed E-state index contributed by atoms with van der Waals surface area (Å²) in [7, 11) is 0. The number of amides is 1. The number of carbonyl (C=O) groups excluding carboxylic acids is 1. The van der Waals surface area contributed by atoms with Gasteiger partial charge in [0.25, 0.3) is 5.69 Å². The van der Waals surface area contributed by atoms with Crippen molar-refractivity contribution < 1.29 is 9.72 Å². The van der Waals surface area contributed by atoms with Crippen molar-refractivity contribution >= 4 is 38.9 Å². The normalized spacial score (nSPS) is 14.8. The number of nitro benzene ring substituents is 1. The van der Waals surface area contributed by atoms with Crippen molar-refractivity contribution in [3.8, 4) is 0 Å². The highest BCUT2D eigenvalue weighted by molar-refractivity contribution is 9.10. The van der Waals surface area contributed by atoms with Crippen LogP contribution < -0.4 is 10.2 Å². The van der Waals surface area contributed by atoms with Crippen molar-refractivity contribution in [1.82, 2.24) is 4.90 Å². The van der Waals surface area contributed by atoms with Gasteiger partial charge in [-0.05, 0) is 36.8 Å². The molecule has 0 aromatic heterocycles. The number of rotatable bonds is 5. The van der Waals surface area contributed by atoms with Crippen LogP contribution in [0, 0.1) is 17.0 Å². The highest BCUT2D eigenvalue weighted by Crippen LogP contribution is 2.28. The van der Waals surface area contributed by atoms with Gasteiger partial charge in [-0.1, -0.05) is 28.1 Å². The third-order valence-electron chi connectivity index (χ3n) is 4.62. The van der Waals surface area contributed by atoms with Crippen LogP contribution in [-0.2, 0) is 4.79 Å². The van der Waals surface area contributed by atoms with Crippen LogP contribution in [0.2, 0.25) is 0 Å². The monoisotopic (exact) mass is 432 g/mol. The van der Waals surface area contributed by atoms with Crippen LogP contribution in [0.4, 0.5) is 17.1 Å². The van der Waals surface area contributed by atoms with E-state index in [4.69, 9.17) is 0 Å². The molecule has 1 N–H and O–H groups in total. The standard InChI is InChI=1S/C19H21BrN4O3/c1-14-12-15(20)6-7-16(14)21-19(25)13-22-8-10-23(11-9-22)17-4-2-3-5-18(17)24(26)27/h2-7,12H,8-11,13H2,1H3,(H,21,25). The van der Waals surface area contributed by atoms with E-state index in [2.05, 4.69) is 26.1 Å². The second-order valence-corrected chi connectivity index (χ2v) is 7.43. The molecule has 2 aromatic rings. The summed E-state index contributed by atoms with van der Waals surface area (Å²) in [6, 6.07) is 12.5. The Hall–Kier alpha value is -2.45. The molecule has 0 spiro atoms. The minimum atomic E-state index is -0.351. The van der Waals surface area contributed by atoms with E-state index < -0.39 is 0 Å². The highest BCUT2D eigenvalue weighted by atomic mass is 79.9. The number of nitro groups is 1. The smallest absolute Gasteiger partial charge is 0.292 e. The van der Waals surface area contributed by atoms with Gasteiger partial charge in [0.1, 0.15) is 5.69 Å². The average molecular weight is 433 g/mol. The summed E-state index contributed by atoms with van der Waals surface area (Å²) in [4.78, 5) is 27.3. The van der Waals surface area contributed by atoms with Crippen LogP contribution in [0.5, 0.6) is 0 Å². The zero-order valence-electron chi connectivity index (χ0n) is 15.0. The maximum atomic E-state index is 12.3. The maximum Gasteiger partial charge on any atom is 0.292 e. The quantitative estimate of drug-likeness (QED) is 0.578. The van der Waals surface area contributed by atoms with E-state index in [9.17, 15) is 14.9 Å². The van der Waals surface area contributed by atoms with E-state index in [1.165, 1.54) is 6.07 Å². The number of hydrogen-bond donors (Lipinski definition) is 1. The number of benzene rings is 2. The predicted octanol–water partition coefficient (Wildman–Crippen LogP) is 3.43. The average Bonchev–Trinajstić information content (AvgIpc) is 2.64. The molecule has 0 atom stereocenters. The molecule has 1 heterocycles. The van der Waals surface area contributed by atoms with Crippen LogP contribution in [0.15, 0.2) is 46.9 Å². The van der Waals surface area contributed by atoms with Gasteiger partial charge < -0.3 is 10.2 Å². The molecule has 3 rings (SSSR count). The maximum absolute atomic E-state index is 12.3. The van der Waals surface area contributed by atoms with Gasteiger partial charge in [-0.15, -0.1) is 0 Å². The van der Waals surface area contributed by atoms with E-state index in [1.54, 1.807) is 12.1 Å². The molecule has 1 fully saturated rings. The molecular formula is C19H21BrN4O3. The second kappa shape index (κ2) is 8.49. The van der Waals surface area contributed by atoms with Gasteiger partial charge in [0, 0.05) is 42.4 Å². The first-order chi connectivity index (χ1) is 12.9. The third-order valence-corrected chi connectivity index (χ3v) is 5.11. The summed E-state index contributed by atoms with van der Waals surface area (Å²) in [5.74, 6) is -0.0560. The fourth-order valence-electron chi connectivity index (χ4n) is 3.19. The second-order valence-electron chi connectivity index (χ2n) is 6.52. The first-order valence-electron chi connectivity index (χ1n) is 8.71. The molecule has 8 heteroatoms. The molecule has 1 amide bonds. The molecule has 0 saturated carbocycles.